The van der Waals surface area contributed by atoms with E-state index in [4.69, 9.17) is 14.0 Å². The summed E-state index contributed by atoms with van der Waals surface area (Å²) in [5.74, 6) is 0.0699. The highest BCUT2D eigenvalue weighted by molar-refractivity contribution is 5.84. The average Bonchev–Trinajstić information content (AvgIpc) is 3.54. The monoisotopic (exact) mass is 425 g/mol. The lowest BCUT2D eigenvalue weighted by Crippen LogP contribution is -2.39. The molecule has 2 aliphatic rings. The fourth-order valence-electron chi connectivity index (χ4n) is 4.65. The van der Waals surface area contributed by atoms with Crippen molar-refractivity contribution >= 4 is 16.6 Å². The predicted molar refractivity (Wildman–Crippen MR) is 107 cm³/mol. The van der Waals surface area contributed by atoms with Gasteiger partial charge in [-0.15, -0.1) is 0 Å². The second-order valence-corrected chi connectivity index (χ2v) is 8.14. The first-order valence-electron chi connectivity index (χ1n) is 10.4. The van der Waals surface area contributed by atoms with Crippen molar-refractivity contribution in [1.29, 1.82) is 0 Å². The molecule has 3 aromatic heterocycles. The van der Waals surface area contributed by atoms with Gasteiger partial charge in [0.1, 0.15) is 40.7 Å². The molecule has 2 fully saturated rings. The minimum atomic E-state index is -0.957. The lowest BCUT2D eigenvalue weighted by Gasteiger charge is -2.28. The van der Waals surface area contributed by atoms with E-state index in [0.717, 1.165) is 19.3 Å². The highest BCUT2D eigenvalue weighted by atomic mass is 19.1. The van der Waals surface area contributed by atoms with Crippen LogP contribution < -0.4 is 5.56 Å². The number of imidazole rings is 1. The molecule has 0 spiro atoms. The third-order valence-electron chi connectivity index (χ3n) is 6.15. The van der Waals surface area contributed by atoms with Crippen LogP contribution in [0.5, 0.6) is 0 Å². The summed E-state index contributed by atoms with van der Waals surface area (Å²) in [6.07, 6.45) is 4.35. The Hall–Kier alpha value is -3.11. The largest absolute Gasteiger partial charge is 0.368 e. The van der Waals surface area contributed by atoms with Gasteiger partial charge >= 0.3 is 0 Å². The lowest BCUT2D eigenvalue weighted by molar-refractivity contribution is -0.0451. The van der Waals surface area contributed by atoms with E-state index in [1.807, 2.05) is 6.92 Å². The number of hydrogen-bond donors (Lipinski definition) is 0. The summed E-state index contributed by atoms with van der Waals surface area (Å²) in [6.45, 7) is 2.96. The standard InChI is InChI=1S/C21H20FN5O4/c1-21(8-4-10-30-21)27-16-12(22)5-2-6-13(16)26-11-23-15(17(26)20(27)28)18-24-19(31-25-18)14-7-3-9-29-14/h2,5-6,11,14H,3-4,7-10H2,1H3. The molecule has 31 heavy (non-hydrogen) atoms. The molecule has 9 nitrogen and oxygen atoms in total. The number of rotatable bonds is 3. The molecule has 0 saturated carbocycles. The van der Waals surface area contributed by atoms with Crippen molar-refractivity contribution in [3.05, 3.63) is 46.6 Å². The van der Waals surface area contributed by atoms with E-state index in [1.165, 1.54) is 17.0 Å². The van der Waals surface area contributed by atoms with Crippen LogP contribution in [0.15, 0.2) is 33.8 Å². The number of ether oxygens (including phenoxy) is 2. The Morgan fingerprint density at radius 1 is 1.23 bits per heavy atom. The molecule has 4 aromatic rings. The quantitative estimate of drug-likeness (QED) is 0.497. The van der Waals surface area contributed by atoms with Crippen molar-refractivity contribution in [2.75, 3.05) is 13.2 Å². The van der Waals surface area contributed by atoms with Crippen molar-refractivity contribution in [2.24, 2.45) is 0 Å². The van der Waals surface area contributed by atoms with Gasteiger partial charge in [-0.05, 0) is 44.7 Å². The van der Waals surface area contributed by atoms with Gasteiger partial charge in [0.2, 0.25) is 5.82 Å². The van der Waals surface area contributed by atoms with Crippen molar-refractivity contribution in [1.82, 2.24) is 24.1 Å². The Bertz CT molecular complexity index is 1360. The van der Waals surface area contributed by atoms with E-state index < -0.39 is 17.1 Å². The Labute approximate surface area is 175 Å². The van der Waals surface area contributed by atoms with E-state index in [0.29, 0.717) is 31.0 Å². The zero-order valence-electron chi connectivity index (χ0n) is 16.9. The summed E-state index contributed by atoms with van der Waals surface area (Å²) in [7, 11) is 0. The van der Waals surface area contributed by atoms with Crippen molar-refractivity contribution in [3.8, 4) is 11.5 Å². The summed E-state index contributed by atoms with van der Waals surface area (Å²) in [5.41, 5.74) is -0.164. The van der Waals surface area contributed by atoms with Crippen LogP contribution >= 0.6 is 0 Å². The van der Waals surface area contributed by atoms with Crippen LogP contribution in [0.4, 0.5) is 4.39 Å². The van der Waals surface area contributed by atoms with Crippen LogP contribution in [0.1, 0.15) is 44.6 Å². The summed E-state index contributed by atoms with van der Waals surface area (Å²) >= 11 is 0. The first kappa shape index (κ1) is 18.6. The molecule has 2 saturated heterocycles. The minimum Gasteiger partial charge on any atom is -0.368 e. The number of fused-ring (bicyclic) bond motifs is 3. The maximum atomic E-state index is 15.0. The van der Waals surface area contributed by atoms with Crippen molar-refractivity contribution < 1.29 is 18.4 Å². The number of halogens is 1. The van der Waals surface area contributed by atoms with Crippen LogP contribution in [0.3, 0.4) is 0 Å². The summed E-state index contributed by atoms with van der Waals surface area (Å²) < 4.78 is 34.9. The van der Waals surface area contributed by atoms with Gasteiger partial charge in [-0.25, -0.2) is 9.37 Å². The molecule has 2 aliphatic heterocycles. The van der Waals surface area contributed by atoms with Gasteiger partial charge < -0.3 is 14.0 Å². The Kier molecular flexibility index (Phi) is 4.03. The fraction of sp³-hybridized carbons (Fsp3) is 0.429. The van der Waals surface area contributed by atoms with Crippen LogP contribution in [0.25, 0.3) is 28.1 Å². The molecule has 2 unspecified atom stereocenters. The molecule has 2 atom stereocenters. The molecule has 0 radical (unpaired) electrons. The number of hydrogen-bond acceptors (Lipinski definition) is 7. The molecular formula is C21H20FN5O4. The second-order valence-electron chi connectivity index (χ2n) is 8.14. The topological polar surface area (TPSA) is 96.7 Å². The number of nitrogens with zero attached hydrogens (tertiary/aromatic N) is 5. The summed E-state index contributed by atoms with van der Waals surface area (Å²) in [6, 6.07) is 4.69. The first-order valence-corrected chi connectivity index (χ1v) is 10.4. The zero-order chi connectivity index (χ0) is 21.2. The van der Waals surface area contributed by atoms with E-state index in [2.05, 4.69) is 15.1 Å². The molecular weight excluding hydrogens is 405 g/mol. The van der Waals surface area contributed by atoms with Gasteiger partial charge in [0.05, 0.1) is 5.52 Å². The SMILES string of the molecule is CC1(n2c(=O)c3c(-c4noc(C5CCCO5)n4)ncn3c3cccc(F)c32)CCCO1. The van der Waals surface area contributed by atoms with Gasteiger partial charge in [-0.2, -0.15) is 4.98 Å². The molecule has 10 heteroatoms. The summed E-state index contributed by atoms with van der Waals surface area (Å²) in [5, 5.41) is 4.04. The van der Waals surface area contributed by atoms with E-state index in [1.54, 1.807) is 16.5 Å². The van der Waals surface area contributed by atoms with Crippen LogP contribution in [0.2, 0.25) is 0 Å². The first-order chi connectivity index (χ1) is 15.1. The molecule has 0 N–H and O–H groups in total. The second kappa shape index (κ2) is 6.69. The molecule has 6 rings (SSSR count). The van der Waals surface area contributed by atoms with Crippen molar-refractivity contribution in [2.45, 2.75) is 44.4 Å². The number of aromatic nitrogens is 5. The van der Waals surface area contributed by atoms with E-state index >= 15 is 0 Å². The molecule has 0 bridgehead atoms. The smallest absolute Gasteiger partial charge is 0.280 e. The van der Waals surface area contributed by atoms with Gasteiger partial charge in [0, 0.05) is 13.2 Å². The normalized spacial score (nSPS) is 24.0. The van der Waals surface area contributed by atoms with Gasteiger partial charge in [0.25, 0.3) is 11.4 Å². The van der Waals surface area contributed by atoms with Crippen LogP contribution in [-0.4, -0.2) is 37.3 Å². The molecule has 0 aliphatic carbocycles. The highest BCUT2D eigenvalue weighted by Gasteiger charge is 2.36. The van der Waals surface area contributed by atoms with E-state index in [-0.39, 0.29) is 28.7 Å². The lowest BCUT2D eigenvalue weighted by atomic mass is 10.1. The molecule has 0 amide bonds. The van der Waals surface area contributed by atoms with E-state index in [9.17, 15) is 9.18 Å². The van der Waals surface area contributed by atoms with Crippen LogP contribution in [-0.2, 0) is 15.2 Å². The Morgan fingerprint density at radius 2 is 2.13 bits per heavy atom. The predicted octanol–water partition coefficient (Wildman–Crippen LogP) is 3.17. The zero-order valence-corrected chi connectivity index (χ0v) is 16.9. The van der Waals surface area contributed by atoms with Gasteiger partial charge in [-0.3, -0.25) is 13.8 Å². The Balaban J connectivity index is 1.63. The number of para-hydroxylation sites is 1. The highest BCUT2D eigenvalue weighted by Crippen LogP contribution is 2.34. The minimum absolute atomic E-state index is 0.182. The van der Waals surface area contributed by atoms with Gasteiger partial charge in [0.15, 0.2) is 0 Å². The molecule has 5 heterocycles. The maximum absolute atomic E-state index is 15.0. The summed E-state index contributed by atoms with van der Waals surface area (Å²) in [4.78, 5) is 22.6. The van der Waals surface area contributed by atoms with Gasteiger partial charge in [-0.1, -0.05) is 11.2 Å². The van der Waals surface area contributed by atoms with Crippen LogP contribution in [0, 0.1) is 5.82 Å². The third kappa shape index (κ3) is 2.68. The molecule has 1 aromatic carbocycles. The molecule has 160 valence electrons. The van der Waals surface area contributed by atoms with Crippen molar-refractivity contribution in [3.63, 3.8) is 0 Å². The third-order valence-corrected chi connectivity index (χ3v) is 6.15. The maximum Gasteiger partial charge on any atom is 0.280 e. The average molecular weight is 425 g/mol. The number of benzene rings is 1. The Morgan fingerprint density at radius 3 is 2.90 bits per heavy atom. The fourth-order valence-corrected chi connectivity index (χ4v) is 4.65.